The molecule has 0 saturated heterocycles. The summed E-state index contributed by atoms with van der Waals surface area (Å²) in [6.07, 6.45) is 0. The Hall–Kier alpha value is -5.48. The first kappa shape index (κ1) is 21.5. The molecule has 0 N–H and O–H groups in total. The normalized spacial score (nSPS) is 12.0. The second kappa shape index (κ2) is 8.01. The number of furan rings is 1. The minimum atomic E-state index is 0.642. The minimum Gasteiger partial charge on any atom is -0.455 e. The summed E-state index contributed by atoms with van der Waals surface area (Å²) in [6, 6.07) is 44.2. The topological polar surface area (TPSA) is 43.9 Å². The van der Waals surface area contributed by atoms with Gasteiger partial charge in [0.25, 0.3) is 0 Å². The summed E-state index contributed by atoms with van der Waals surface area (Å²) in [5.74, 6) is 0.642. The standard InChI is InChI=1S/C36H21N3O/c1-2-11-23-22(10-1)20-21-31-33(23)27-14-4-7-18-30(27)39(31)36-37-29-17-6-3-13-26(29)34(38-36)28-16-9-15-25-24-12-5-8-19-32(24)40-35(25)28/h1-21H. The molecule has 9 rings (SSSR count). The van der Waals surface area contributed by atoms with Crippen LogP contribution in [0.25, 0.3) is 82.6 Å². The molecule has 0 aliphatic carbocycles. The maximum Gasteiger partial charge on any atom is 0.235 e. The molecule has 3 heterocycles. The summed E-state index contributed by atoms with van der Waals surface area (Å²) in [7, 11) is 0. The molecule has 0 unspecified atom stereocenters. The second-order valence-electron chi connectivity index (χ2n) is 10.2. The third-order valence-corrected chi connectivity index (χ3v) is 8.01. The van der Waals surface area contributed by atoms with Crippen LogP contribution >= 0.6 is 0 Å². The highest BCUT2D eigenvalue weighted by Gasteiger charge is 2.20. The molecule has 9 aromatic rings. The molecule has 0 bridgehead atoms. The van der Waals surface area contributed by atoms with Crippen LogP contribution in [-0.4, -0.2) is 14.5 Å². The van der Waals surface area contributed by atoms with Gasteiger partial charge in [-0.2, -0.15) is 0 Å². The van der Waals surface area contributed by atoms with Crippen molar-refractivity contribution in [2.75, 3.05) is 0 Å². The summed E-state index contributed by atoms with van der Waals surface area (Å²) in [4.78, 5) is 10.4. The molecule has 0 spiro atoms. The fraction of sp³-hybridized carbons (Fsp3) is 0. The van der Waals surface area contributed by atoms with E-state index in [2.05, 4.69) is 102 Å². The van der Waals surface area contributed by atoms with Crippen molar-refractivity contribution in [3.05, 3.63) is 127 Å². The zero-order chi connectivity index (χ0) is 26.2. The van der Waals surface area contributed by atoms with Crippen LogP contribution in [0.2, 0.25) is 0 Å². The fourth-order valence-corrected chi connectivity index (χ4v) is 6.26. The Bertz CT molecular complexity index is 2450. The Morgan fingerprint density at radius 3 is 2.15 bits per heavy atom. The van der Waals surface area contributed by atoms with Gasteiger partial charge in [-0.3, -0.25) is 4.57 Å². The van der Waals surface area contributed by atoms with Crippen molar-refractivity contribution in [1.29, 1.82) is 0 Å². The van der Waals surface area contributed by atoms with E-state index in [1.54, 1.807) is 0 Å². The van der Waals surface area contributed by atoms with E-state index < -0.39 is 0 Å². The van der Waals surface area contributed by atoms with E-state index in [0.717, 1.165) is 55.1 Å². The zero-order valence-corrected chi connectivity index (χ0v) is 21.4. The molecule has 0 aliphatic rings. The van der Waals surface area contributed by atoms with E-state index in [1.165, 1.54) is 21.5 Å². The van der Waals surface area contributed by atoms with Gasteiger partial charge in [-0.15, -0.1) is 0 Å². The lowest BCUT2D eigenvalue weighted by Gasteiger charge is -2.12. The molecule has 0 aliphatic heterocycles. The lowest BCUT2D eigenvalue weighted by Crippen LogP contribution is -2.03. The molecule has 4 nitrogen and oxygen atoms in total. The second-order valence-corrected chi connectivity index (χ2v) is 10.2. The lowest BCUT2D eigenvalue weighted by molar-refractivity contribution is 0.670. The van der Waals surface area contributed by atoms with Crippen LogP contribution in [0.4, 0.5) is 0 Å². The Kier molecular flexibility index (Phi) is 4.30. The fourth-order valence-electron chi connectivity index (χ4n) is 6.26. The highest BCUT2D eigenvalue weighted by atomic mass is 16.3. The predicted octanol–water partition coefficient (Wildman–Crippen LogP) is 9.45. The maximum atomic E-state index is 6.44. The lowest BCUT2D eigenvalue weighted by atomic mass is 10.0. The van der Waals surface area contributed by atoms with Gasteiger partial charge < -0.3 is 4.42 Å². The molecule has 186 valence electrons. The average molecular weight is 512 g/mol. The van der Waals surface area contributed by atoms with Gasteiger partial charge in [0.15, 0.2) is 0 Å². The van der Waals surface area contributed by atoms with Crippen molar-refractivity contribution in [3.63, 3.8) is 0 Å². The molecule has 0 amide bonds. The van der Waals surface area contributed by atoms with E-state index in [1.807, 2.05) is 30.3 Å². The molecular formula is C36H21N3O. The van der Waals surface area contributed by atoms with Crippen LogP contribution in [-0.2, 0) is 0 Å². The summed E-state index contributed by atoms with van der Waals surface area (Å²) < 4.78 is 8.64. The van der Waals surface area contributed by atoms with E-state index >= 15 is 0 Å². The molecule has 0 fully saturated rings. The number of rotatable bonds is 2. The molecule has 0 saturated carbocycles. The third kappa shape index (κ3) is 2.90. The highest BCUT2D eigenvalue weighted by Crippen LogP contribution is 2.40. The number of hydrogen-bond acceptors (Lipinski definition) is 3. The van der Waals surface area contributed by atoms with Gasteiger partial charge in [0.05, 0.1) is 22.2 Å². The monoisotopic (exact) mass is 511 g/mol. The van der Waals surface area contributed by atoms with Gasteiger partial charge in [-0.1, -0.05) is 97.1 Å². The van der Waals surface area contributed by atoms with E-state index in [9.17, 15) is 0 Å². The first-order valence-electron chi connectivity index (χ1n) is 13.4. The SMILES string of the molecule is c1ccc2c(c1)ccc1c2c2ccccc2n1-c1nc(-c2cccc3c2oc2ccccc23)c2ccccc2n1. The van der Waals surface area contributed by atoms with E-state index in [4.69, 9.17) is 14.4 Å². The Morgan fingerprint density at radius 2 is 1.23 bits per heavy atom. The van der Waals surface area contributed by atoms with Gasteiger partial charge in [-0.25, -0.2) is 9.97 Å². The minimum absolute atomic E-state index is 0.642. The van der Waals surface area contributed by atoms with E-state index in [0.29, 0.717) is 5.95 Å². The Balaban J connectivity index is 1.42. The van der Waals surface area contributed by atoms with Gasteiger partial charge in [0.1, 0.15) is 11.2 Å². The molecule has 3 aromatic heterocycles. The van der Waals surface area contributed by atoms with Crippen molar-refractivity contribution >= 4 is 65.4 Å². The smallest absolute Gasteiger partial charge is 0.235 e. The van der Waals surface area contributed by atoms with Crippen LogP contribution in [0.15, 0.2) is 132 Å². The summed E-state index contributed by atoms with van der Waals surface area (Å²) in [5, 5.41) is 8.02. The van der Waals surface area contributed by atoms with Crippen LogP contribution in [0, 0.1) is 0 Å². The van der Waals surface area contributed by atoms with Gasteiger partial charge in [0, 0.05) is 32.5 Å². The Labute approximate surface area is 228 Å². The first-order chi connectivity index (χ1) is 19.8. The molecule has 6 aromatic carbocycles. The quantitative estimate of drug-likeness (QED) is 0.232. The third-order valence-electron chi connectivity index (χ3n) is 8.01. The predicted molar refractivity (Wildman–Crippen MR) is 164 cm³/mol. The van der Waals surface area contributed by atoms with Crippen LogP contribution in [0.1, 0.15) is 0 Å². The molecule has 40 heavy (non-hydrogen) atoms. The molecular weight excluding hydrogens is 490 g/mol. The van der Waals surface area contributed by atoms with Gasteiger partial charge in [0.2, 0.25) is 5.95 Å². The molecule has 0 atom stereocenters. The van der Waals surface area contributed by atoms with Gasteiger partial charge in [-0.05, 0) is 41.1 Å². The van der Waals surface area contributed by atoms with Crippen molar-refractivity contribution in [1.82, 2.24) is 14.5 Å². The molecule has 0 radical (unpaired) electrons. The number of para-hydroxylation sites is 4. The number of fused-ring (bicyclic) bond motifs is 9. The number of hydrogen-bond donors (Lipinski definition) is 0. The maximum absolute atomic E-state index is 6.44. The first-order valence-corrected chi connectivity index (χ1v) is 13.4. The summed E-state index contributed by atoms with van der Waals surface area (Å²) in [6.45, 7) is 0. The molecule has 4 heteroatoms. The zero-order valence-electron chi connectivity index (χ0n) is 21.4. The van der Waals surface area contributed by atoms with Crippen molar-refractivity contribution < 1.29 is 4.42 Å². The van der Waals surface area contributed by atoms with Crippen molar-refractivity contribution in [2.45, 2.75) is 0 Å². The number of nitrogens with zero attached hydrogens (tertiary/aromatic N) is 3. The summed E-state index contributed by atoms with van der Waals surface area (Å²) >= 11 is 0. The van der Waals surface area contributed by atoms with Crippen LogP contribution in [0.5, 0.6) is 0 Å². The number of benzene rings is 6. The van der Waals surface area contributed by atoms with Crippen LogP contribution in [0.3, 0.4) is 0 Å². The van der Waals surface area contributed by atoms with Crippen LogP contribution < -0.4 is 0 Å². The number of aromatic nitrogens is 3. The van der Waals surface area contributed by atoms with Gasteiger partial charge >= 0.3 is 0 Å². The van der Waals surface area contributed by atoms with E-state index in [-0.39, 0.29) is 0 Å². The van der Waals surface area contributed by atoms with Crippen molar-refractivity contribution in [2.24, 2.45) is 0 Å². The largest absolute Gasteiger partial charge is 0.455 e. The Morgan fingerprint density at radius 1 is 0.500 bits per heavy atom. The summed E-state index contributed by atoms with van der Waals surface area (Å²) in [5.41, 5.74) is 6.59. The average Bonchev–Trinajstić information content (AvgIpc) is 3.57. The highest BCUT2D eigenvalue weighted by molar-refractivity contribution is 6.21. The van der Waals surface area contributed by atoms with Crippen molar-refractivity contribution in [3.8, 4) is 17.2 Å².